The van der Waals surface area contributed by atoms with E-state index in [0.29, 0.717) is 5.69 Å². The number of aromatic nitrogens is 1. The van der Waals surface area contributed by atoms with E-state index >= 15 is 0 Å². The van der Waals surface area contributed by atoms with Gasteiger partial charge in [0.25, 0.3) is 0 Å². The molecule has 2 aromatic carbocycles. The molecule has 0 amide bonds. The van der Waals surface area contributed by atoms with E-state index in [4.69, 9.17) is 0 Å². The van der Waals surface area contributed by atoms with Gasteiger partial charge in [-0.05, 0) is 24.3 Å². The normalized spacial score (nSPS) is 10.8. The number of nitrogens with zero attached hydrogens (tertiary/aromatic N) is 1. The number of rotatable bonds is 1. The molecular weight excluding hydrogens is 293 g/mol. The van der Waals surface area contributed by atoms with Crippen LogP contribution >= 0.6 is 15.9 Å². The zero-order chi connectivity index (χ0) is 12.5. The van der Waals surface area contributed by atoms with Gasteiger partial charge in [-0.1, -0.05) is 46.3 Å². The Hall–Kier alpha value is -1.74. The predicted molar refractivity (Wildman–Crippen MR) is 74.8 cm³/mol. The van der Waals surface area contributed by atoms with Crippen molar-refractivity contribution in [2.24, 2.45) is 0 Å². The van der Waals surface area contributed by atoms with E-state index in [1.54, 1.807) is 0 Å². The number of para-hydroxylation sites is 1. The van der Waals surface area contributed by atoms with Gasteiger partial charge in [0.15, 0.2) is 0 Å². The summed E-state index contributed by atoms with van der Waals surface area (Å²) >= 11 is 3.36. The predicted octanol–water partition coefficient (Wildman–Crippen LogP) is 4.80. The Labute approximate surface area is 112 Å². The third-order valence-corrected chi connectivity index (χ3v) is 3.32. The fourth-order valence-corrected chi connectivity index (χ4v) is 2.16. The molecule has 0 N–H and O–H groups in total. The summed E-state index contributed by atoms with van der Waals surface area (Å²) in [5, 5.41) is 0.816. The zero-order valence-corrected chi connectivity index (χ0v) is 11.0. The third-order valence-electron chi connectivity index (χ3n) is 2.80. The standard InChI is InChI=1S/C15H9BrFN/c16-12-7-5-10(6-8-12)15-13(17)9-11-3-1-2-4-14(11)18-15/h1-9H. The summed E-state index contributed by atoms with van der Waals surface area (Å²) in [6.45, 7) is 0. The third kappa shape index (κ3) is 2.02. The van der Waals surface area contributed by atoms with Gasteiger partial charge in [0.2, 0.25) is 0 Å². The van der Waals surface area contributed by atoms with Gasteiger partial charge in [-0.3, -0.25) is 0 Å². The van der Waals surface area contributed by atoms with Gasteiger partial charge in [0.1, 0.15) is 11.5 Å². The minimum Gasteiger partial charge on any atom is -0.245 e. The highest BCUT2D eigenvalue weighted by Gasteiger charge is 2.08. The number of pyridine rings is 1. The van der Waals surface area contributed by atoms with Crippen LogP contribution in [0.3, 0.4) is 0 Å². The summed E-state index contributed by atoms with van der Waals surface area (Å²) in [4.78, 5) is 4.38. The van der Waals surface area contributed by atoms with Crippen molar-refractivity contribution in [3.8, 4) is 11.3 Å². The molecule has 0 aliphatic rings. The molecule has 3 rings (SSSR count). The molecular formula is C15H9BrFN. The van der Waals surface area contributed by atoms with Crippen LogP contribution in [0.4, 0.5) is 4.39 Å². The Morgan fingerprint density at radius 3 is 2.44 bits per heavy atom. The van der Waals surface area contributed by atoms with Crippen LogP contribution in [0, 0.1) is 5.82 Å². The first-order chi connectivity index (χ1) is 8.74. The van der Waals surface area contributed by atoms with Gasteiger partial charge < -0.3 is 0 Å². The van der Waals surface area contributed by atoms with Crippen molar-refractivity contribution in [3.63, 3.8) is 0 Å². The van der Waals surface area contributed by atoms with E-state index in [2.05, 4.69) is 20.9 Å². The molecule has 3 heteroatoms. The van der Waals surface area contributed by atoms with Crippen LogP contribution in [0.2, 0.25) is 0 Å². The van der Waals surface area contributed by atoms with Crippen LogP contribution in [-0.2, 0) is 0 Å². The van der Waals surface area contributed by atoms with E-state index in [9.17, 15) is 4.39 Å². The largest absolute Gasteiger partial charge is 0.245 e. The smallest absolute Gasteiger partial charge is 0.150 e. The van der Waals surface area contributed by atoms with Crippen molar-refractivity contribution in [1.29, 1.82) is 0 Å². The van der Waals surface area contributed by atoms with E-state index in [-0.39, 0.29) is 5.82 Å². The van der Waals surface area contributed by atoms with Crippen LogP contribution in [0.5, 0.6) is 0 Å². The second kappa shape index (κ2) is 4.50. The maximum atomic E-state index is 14.0. The first kappa shape index (κ1) is 11.4. The molecule has 0 atom stereocenters. The molecule has 3 aromatic rings. The molecule has 0 saturated heterocycles. The maximum Gasteiger partial charge on any atom is 0.150 e. The van der Waals surface area contributed by atoms with Gasteiger partial charge in [0, 0.05) is 15.4 Å². The first-order valence-corrected chi connectivity index (χ1v) is 6.34. The lowest BCUT2D eigenvalue weighted by molar-refractivity contribution is 0.628. The van der Waals surface area contributed by atoms with E-state index in [1.807, 2.05) is 48.5 Å². The SMILES string of the molecule is Fc1cc2ccccc2nc1-c1ccc(Br)cc1. The van der Waals surface area contributed by atoms with Gasteiger partial charge in [-0.25, -0.2) is 9.37 Å². The molecule has 18 heavy (non-hydrogen) atoms. The summed E-state index contributed by atoms with van der Waals surface area (Å²) in [5.74, 6) is -0.295. The van der Waals surface area contributed by atoms with E-state index < -0.39 is 0 Å². The first-order valence-electron chi connectivity index (χ1n) is 5.55. The highest BCUT2D eigenvalue weighted by Crippen LogP contribution is 2.25. The van der Waals surface area contributed by atoms with Crippen molar-refractivity contribution in [2.45, 2.75) is 0 Å². The molecule has 88 valence electrons. The molecule has 0 fully saturated rings. The fourth-order valence-electron chi connectivity index (χ4n) is 1.90. The molecule has 0 bridgehead atoms. The average molecular weight is 302 g/mol. The Bertz CT molecular complexity index is 707. The monoisotopic (exact) mass is 301 g/mol. The van der Waals surface area contributed by atoms with E-state index in [0.717, 1.165) is 20.9 Å². The van der Waals surface area contributed by atoms with Crippen LogP contribution < -0.4 is 0 Å². The molecule has 0 aliphatic heterocycles. The van der Waals surface area contributed by atoms with Gasteiger partial charge in [0.05, 0.1) is 5.52 Å². The number of benzene rings is 2. The van der Waals surface area contributed by atoms with Crippen LogP contribution in [0.25, 0.3) is 22.2 Å². The number of fused-ring (bicyclic) bond motifs is 1. The zero-order valence-electron chi connectivity index (χ0n) is 9.40. The van der Waals surface area contributed by atoms with Gasteiger partial charge in [-0.2, -0.15) is 0 Å². The van der Waals surface area contributed by atoms with Crippen molar-refractivity contribution < 1.29 is 4.39 Å². The molecule has 1 nitrogen and oxygen atoms in total. The summed E-state index contributed by atoms with van der Waals surface area (Å²) in [7, 11) is 0. The lowest BCUT2D eigenvalue weighted by atomic mass is 10.1. The maximum absolute atomic E-state index is 14.0. The summed E-state index contributed by atoms with van der Waals surface area (Å²) < 4.78 is 15.0. The highest BCUT2D eigenvalue weighted by molar-refractivity contribution is 9.10. The van der Waals surface area contributed by atoms with Crippen LogP contribution in [-0.4, -0.2) is 4.98 Å². The topological polar surface area (TPSA) is 12.9 Å². The molecule has 0 radical (unpaired) electrons. The quantitative estimate of drug-likeness (QED) is 0.629. The van der Waals surface area contributed by atoms with E-state index in [1.165, 1.54) is 6.07 Å². The summed E-state index contributed by atoms with van der Waals surface area (Å²) in [6, 6.07) is 16.5. The number of hydrogen-bond donors (Lipinski definition) is 0. The second-order valence-electron chi connectivity index (χ2n) is 4.02. The number of halogens is 2. The average Bonchev–Trinajstić information content (AvgIpc) is 2.39. The highest BCUT2D eigenvalue weighted by atomic mass is 79.9. The lowest BCUT2D eigenvalue weighted by Crippen LogP contribution is -1.90. The minimum absolute atomic E-state index is 0.295. The number of hydrogen-bond acceptors (Lipinski definition) is 1. The molecule has 0 aliphatic carbocycles. The van der Waals surface area contributed by atoms with Crippen molar-refractivity contribution in [1.82, 2.24) is 4.98 Å². The van der Waals surface area contributed by atoms with Crippen LogP contribution in [0.1, 0.15) is 0 Å². The molecule has 1 aromatic heterocycles. The lowest BCUT2D eigenvalue weighted by Gasteiger charge is -2.05. The summed E-state index contributed by atoms with van der Waals surface area (Å²) in [6.07, 6.45) is 0. The molecule has 1 heterocycles. The molecule has 0 saturated carbocycles. The Morgan fingerprint density at radius 2 is 1.67 bits per heavy atom. The van der Waals surface area contributed by atoms with Crippen molar-refractivity contribution >= 4 is 26.8 Å². The fraction of sp³-hybridized carbons (Fsp3) is 0. The van der Waals surface area contributed by atoms with Crippen molar-refractivity contribution in [3.05, 3.63) is 64.9 Å². The Morgan fingerprint density at radius 1 is 0.944 bits per heavy atom. The van der Waals surface area contributed by atoms with Gasteiger partial charge >= 0.3 is 0 Å². The second-order valence-corrected chi connectivity index (χ2v) is 4.93. The Kier molecular flexibility index (Phi) is 2.84. The Balaban J connectivity index is 2.22. The summed E-state index contributed by atoms with van der Waals surface area (Å²) in [5.41, 5.74) is 1.97. The molecule has 0 unspecified atom stereocenters. The van der Waals surface area contributed by atoms with Crippen LogP contribution in [0.15, 0.2) is 59.1 Å². The minimum atomic E-state index is -0.295. The van der Waals surface area contributed by atoms with Gasteiger partial charge in [-0.15, -0.1) is 0 Å². The van der Waals surface area contributed by atoms with Crippen molar-refractivity contribution in [2.75, 3.05) is 0 Å². The molecule has 0 spiro atoms.